The van der Waals surface area contributed by atoms with Gasteiger partial charge in [0.25, 0.3) is 11.8 Å². The third kappa shape index (κ3) is 9.44. The molecular formula is C42H42F6N10O8. The first-order chi connectivity index (χ1) is 31.5. The summed E-state index contributed by atoms with van der Waals surface area (Å²) in [7, 11) is 1.67. The van der Waals surface area contributed by atoms with Crippen molar-refractivity contribution in [3.8, 4) is 17.3 Å². The zero-order valence-corrected chi connectivity index (χ0v) is 35.2. The average Bonchev–Trinajstić information content (AvgIpc) is 3.89. The zero-order valence-electron chi connectivity index (χ0n) is 35.2. The minimum absolute atomic E-state index is 0.0854. The van der Waals surface area contributed by atoms with Crippen LogP contribution in [0.3, 0.4) is 0 Å². The quantitative estimate of drug-likeness (QED) is 0.0811. The first-order valence-corrected chi connectivity index (χ1v) is 21.1. The average molecular weight is 929 g/mol. The van der Waals surface area contributed by atoms with Gasteiger partial charge in [0.2, 0.25) is 23.6 Å². The minimum Gasteiger partial charge on any atom is -0.503 e. The Kier molecular flexibility index (Phi) is 12.9. The SMILES string of the molecule is Cn1c(=O)n(C2CCC(=O)NC2=O)c2ccc(CCCN3CCN(c4nccc(-c5nc(C6CCC(CN(OC(=O)C(F)(F)F)C(=O)c7cc(F)c(O)c(F)c7F)CC6)no5)n4)CC3)cc21. The number of imide groups is 1. The van der Waals surface area contributed by atoms with Gasteiger partial charge in [-0.15, -0.1) is 0 Å². The number of carbonyl (C=O) groups is 4. The first-order valence-electron chi connectivity index (χ1n) is 21.1. The van der Waals surface area contributed by atoms with Crippen molar-refractivity contribution in [2.24, 2.45) is 13.0 Å². The second-order valence-corrected chi connectivity index (χ2v) is 16.5. The van der Waals surface area contributed by atoms with Crippen LogP contribution >= 0.6 is 0 Å². The molecule has 0 bridgehead atoms. The van der Waals surface area contributed by atoms with E-state index in [1.807, 2.05) is 23.1 Å². The third-order valence-electron chi connectivity index (χ3n) is 12.2. The van der Waals surface area contributed by atoms with Crippen LogP contribution in [0.1, 0.15) is 78.7 Å². The van der Waals surface area contributed by atoms with Crippen molar-refractivity contribution in [3.63, 3.8) is 0 Å². The monoisotopic (exact) mass is 928 g/mol. The number of anilines is 1. The van der Waals surface area contributed by atoms with E-state index in [-0.39, 0.29) is 60.2 Å². The largest absolute Gasteiger partial charge is 0.503 e. The Bertz CT molecular complexity index is 2740. The molecule has 2 saturated heterocycles. The van der Waals surface area contributed by atoms with Crippen LogP contribution in [-0.2, 0) is 32.7 Å². The van der Waals surface area contributed by atoms with Crippen LogP contribution in [0.15, 0.2) is 45.8 Å². The van der Waals surface area contributed by atoms with E-state index < -0.39 is 71.2 Å². The zero-order chi connectivity index (χ0) is 47.0. The molecule has 2 aromatic carbocycles. The van der Waals surface area contributed by atoms with Crippen molar-refractivity contribution in [2.75, 3.05) is 44.2 Å². The molecule has 2 aliphatic heterocycles. The van der Waals surface area contributed by atoms with Gasteiger partial charge in [0.1, 0.15) is 11.7 Å². The van der Waals surface area contributed by atoms with Gasteiger partial charge in [-0.05, 0) is 87.2 Å². The van der Waals surface area contributed by atoms with Gasteiger partial charge in [-0.3, -0.25) is 33.7 Å². The van der Waals surface area contributed by atoms with Crippen molar-refractivity contribution >= 4 is 40.7 Å². The Morgan fingerprint density at radius 1 is 0.955 bits per heavy atom. The number of imidazole rings is 1. The number of hydroxylamine groups is 2. The van der Waals surface area contributed by atoms with E-state index in [0.29, 0.717) is 54.4 Å². The number of piperidine rings is 1. The standard InChI is InChI=1S/C42H42F6N10O8/c1-54-30-19-22(6-9-28(30)58(41(54)64)29-10-11-31(59)51-36(29)61)3-2-14-55-15-17-56(18-16-55)40-49-13-12-27(50-40)37-52-35(53-65-37)24-7-4-23(5-8-24)21-57(66-39(63)42(46,47)48)38(62)25-20-26(43)34(60)33(45)32(25)44/h6,9,12-13,19-20,23-24,29,60H,2-5,7-8,10-11,14-18,21H2,1H3,(H,51,59,61). The van der Waals surface area contributed by atoms with E-state index in [1.165, 1.54) is 9.13 Å². The Hall–Kier alpha value is -6.85. The maximum Gasteiger partial charge on any atom is 0.493 e. The van der Waals surface area contributed by atoms with Crippen molar-refractivity contribution in [3.05, 3.63) is 81.4 Å². The van der Waals surface area contributed by atoms with E-state index in [4.69, 9.17) is 4.52 Å². The molecule has 1 unspecified atom stereocenters. The van der Waals surface area contributed by atoms with Gasteiger partial charge in [-0.2, -0.15) is 27.6 Å². The Balaban J connectivity index is 0.828. The molecule has 350 valence electrons. The molecule has 5 aromatic rings. The van der Waals surface area contributed by atoms with Crippen molar-refractivity contribution in [1.29, 1.82) is 0 Å². The molecule has 24 heteroatoms. The number of aromatic nitrogens is 6. The summed E-state index contributed by atoms with van der Waals surface area (Å²) in [5, 5.41) is 15.7. The van der Waals surface area contributed by atoms with Gasteiger partial charge in [-0.1, -0.05) is 11.2 Å². The molecule has 2 N–H and O–H groups in total. The number of piperazine rings is 1. The van der Waals surface area contributed by atoms with Crippen LogP contribution in [0.25, 0.3) is 22.6 Å². The van der Waals surface area contributed by atoms with Gasteiger partial charge in [0, 0.05) is 51.8 Å². The molecule has 5 heterocycles. The lowest BCUT2D eigenvalue weighted by Gasteiger charge is -2.34. The molecular weight excluding hydrogens is 887 g/mol. The number of phenols is 1. The Morgan fingerprint density at radius 3 is 2.41 bits per heavy atom. The summed E-state index contributed by atoms with van der Waals surface area (Å²) in [6.45, 7) is 2.98. The number of fused-ring (bicyclic) bond motifs is 1. The highest BCUT2D eigenvalue weighted by Gasteiger charge is 2.44. The van der Waals surface area contributed by atoms with E-state index >= 15 is 0 Å². The van der Waals surface area contributed by atoms with Gasteiger partial charge in [-0.25, -0.2) is 28.3 Å². The van der Waals surface area contributed by atoms with Crippen LogP contribution in [0.4, 0.5) is 32.3 Å². The predicted octanol–water partition coefficient (Wildman–Crippen LogP) is 4.47. The lowest BCUT2D eigenvalue weighted by atomic mass is 9.81. The van der Waals surface area contributed by atoms with E-state index in [0.717, 1.165) is 38.0 Å². The molecule has 3 amide bonds. The van der Waals surface area contributed by atoms with Crippen molar-refractivity contribution in [2.45, 2.75) is 69.5 Å². The smallest absolute Gasteiger partial charge is 0.493 e. The highest BCUT2D eigenvalue weighted by atomic mass is 19.4. The van der Waals surface area contributed by atoms with Crippen LogP contribution in [0, 0.1) is 23.4 Å². The summed E-state index contributed by atoms with van der Waals surface area (Å²) in [5.41, 5.74) is 1.08. The molecule has 3 aliphatic rings. The maximum atomic E-state index is 14.5. The lowest BCUT2D eigenvalue weighted by Crippen LogP contribution is -2.47. The number of amides is 3. The molecule has 1 atom stereocenters. The normalized spacial score (nSPS) is 19.6. The fourth-order valence-electron chi connectivity index (χ4n) is 8.62. The number of aryl methyl sites for hydroxylation is 2. The fraction of sp³-hybridized carbons (Fsp3) is 0.452. The molecule has 1 saturated carbocycles. The number of carbonyl (C=O) groups excluding carboxylic acids is 4. The minimum atomic E-state index is -5.55. The van der Waals surface area contributed by atoms with Crippen LogP contribution in [-0.4, -0.2) is 113 Å². The number of nitrogens with one attached hydrogen (secondary N) is 1. The molecule has 0 radical (unpaired) electrons. The summed E-state index contributed by atoms with van der Waals surface area (Å²) in [5.74, 6) is -13.0. The maximum absolute atomic E-state index is 14.5. The Labute approximate surface area is 370 Å². The number of phenolic OH excluding ortho intramolecular Hbond substituents is 1. The molecule has 18 nitrogen and oxygen atoms in total. The Morgan fingerprint density at radius 2 is 1.70 bits per heavy atom. The van der Waals surface area contributed by atoms with Crippen LogP contribution in [0.2, 0.25) is 0 Å². The summed E-state index contributed by atoms with van der Waals surface area (Å²) in [4.78, 5) is 84.3. The number of halogens is 6. The van der Waals surface area contributed by atoms with E-state index in [9.17, 15) is 55.4 Å². The summed E-state index contributed by atoms with van der Waals surface area (Å²) < 4.78 is 90.3. The van der Waals surface area contributed by atoms with Crippen molar-refractivity contribution in [1.82, 2.24) is 44.5 Å². The lowest BCUT2D eigenvalue weighted by molar-refractivity contribution is -0.230. The van der Waals surface area contributed by atoms with Gasteiger partial charge in [0.15, 0.2) is 23.2 Å². The van der Waals surface area contributed by atoms with Gasteiger partial charge < -0.3 is 19.4 Å². The first kappa shape index (κ1) is 45.7. The highest BCUT2D eigenvalue weighted by Crippen LogP contribution is 2.37. The number of alkyl halides is 3. The van der Waals surface area contributed by atoms with Crippen molar-refractivity contribution < 1.29 is 60.0 Å². The van der Waals surface area contributed by atoms with Gasteiger partial charge in [0.05, 0.1) is 23.1 Å². The number of aromatic hydroxyl groups is 1. The number of nitrogens with zero attached hydrogens (tertiary/aromatic N) is 9. The topological polar surface area (TPSA) is 211 Å². The number of benzene rings is 2. The number of hydrogen-bond acceptors (Lipinski definition) is 14. The summed E-state index contributed by atoms with van der Waals surface area (Å²) >= 11 is 0. The molecule has 0 spiro atoms. The molecule has 66 heavy (non-hydrogen) atoms. The third-order valence-corrected chi connectivity index (χ3v) is 12.2. The summed E-state index contributed by atoms with van der Waals surface area (Å²) in [6, 6.07) is 6.75. The number of hydrogen-bond donors (Lipinski definition) is 2. The van der Waals surface area contributed by atoms with E-state index in [2.05, 4.69) is 35.2 Å². The van der Waals surface area contributed by atoms with Crippen LogP contribution in [0.5, 0.6) is 5.75 Å². The summed E-state index contributed by atoms with van der Waals surface area (Å²) in [6.07, 6.45) is -0.717. The second-order valence-electron chi connectivity index (χ2n) is 16.5. The second kappa shape index (κ2) is 18.6. The van der Waals surface area contributed by atoms with E-state index in [1.54, 1.807) is 19.3 Å². The number of rotatable bonds is 11. The molecule has 1 aliphatic carbocycles. The molecule has 3 aromatic heterocycles. The highest BCUT2D eigenvalue weighted by molar-refractivity contribution is 6.00. The fourth-order valence-corrected chi connectivity index (χ4v) is 8.62. The molecule has 8 rings (SSSR count). The molecule has 3 fully saturated rings. The van der Waals surface area contributed by atoms with Gasteiger partial charge >= 0.3 is 17.8 Å². The van der Waals surface area contributed by atoms with Crippen LogP contribution < -0.4 is 15.9 Å². The predicted molar refractivity (Wildman–Crippen MR) is 217 cm³/mol.